The first-order chi connectivity index (χ1) is 12.8. The second-order valence-corrected chi connectivity index (χ2v) is 6.34. The van der Waals surface area contributed by atoms with E-state index < -0.39 is 0 Å². The smallest absolute Gasteiger partial charge is 0.137 e. The minimum absolute atomic E-state index is 0.709. The van der Waals surface area contributed by atoms with Gasteiger partial charge in [-0.2, -0.15) is 0 Å². The van der Waals surface area contributed by atoms with Crippen LogP contribution in [-0.2, 0) is 6.42 Å². The third kappa shape index (κ3) is 4.63. The van der Waals surface area contributed by atoms with Gasteiger partial charge >= 0.3 is 0 Å². The second kappa shape index (κ2) is 9.04. The average Bonchev–Trinajstić information content (AvgIpc) is 2.66. The molecule has 0 bridgehead atoms. The lowest BCUT2D eigenvalue weighted by Gasteiger charge is -2.13. The molecule has 0 amide bonds. The number of nitrogen functional groups attached to an aromatic ring is 1. The first-order valence-corrected chi connectivity index (χ1v) is 9.22. The highest BCUT2D eigenvalue weighted by atomic mass is 16.5. The molecule has 0 aliphatic carbocycles. The van der Waals surface area contributed by atoms with Gasteiger partial charge in [-0.25, -0.2) is 9.97 Å². The van der Waals surface area contributed by atoms with E-state index in [0.717, 1.165) is 48.5 Å². The fourth-order valence-corrected chi connectivity index (χ4v) is 2.92. The Hall–Kier alpha value is -2.82. The van der Waals surface area contributed by atoms with Crippen molar-refractivity contribution in [2.24, 2.45) is 0 Å². The lowest BCUT2D eigenvalue weighted by atomic mass is 10.1. The van der Waals surface area contributed by atoms with E-state index in [0.29, 0.717) is 5.69 Å². The molecule has 1 heterocycles. The Morgan fingerprint density at radius 2 is 1.96 bits per heavy atom. The molecule has 0 aliphatic rings. The Balaban J connectivity index is 1.63. The van der Waals surface area contributed by atoms with Gasteiger partial charge in [0.2, 0.25) is 0 Å². The van der Waals surface area contributed by atoms with Gasteiger partial charge in [-0.15, -0.1) is 0 Å². The summed E-state index contributed by atoms with van der Waals surface area (Å²) in [4.78, 5) is 8.65. The molecule has 0 saturated heterocycles. The number of nitrogens with one attached hydrogen (secondary N) is 1. The molecule has 0 spiro atoms. The molecule has 3 rings (SSSR count). The van der Waals surface area contributed by atoms with Gasteiger partial charge in [-0.1, -0.05) is 38.0 Å². The third-order valence-corrected chi connectivity index (χ3v) is 4.32. The quantitative estimate of drug-likeness (QED) is 0.441. The molecule has 0 aliphatic heterocycles. The number of aromatic nitrogens is 2. The number of nitrogens with two attached hydrogens (primary N) is 1. The molecule has 1 aromatic heterocycles. The monoisotopic (exact) mass is 350 g/mol. The number of anilines is 2. The van der Waals surface area contributed by atoms with Crippen LogP contribution in [0.5, 0.6) is 5.75 Å². The summed E-state index contributed by atoms with van der Waals surface area (Å²) < 4.78 is 5.96. The number of nitrogens with zero attached hydrogens (tertiary/aromatic N) is 2. The second-order valence-electron chi connectivity index (χ2n) is 6.34. The van der Waals surface area contributed by atoms with Crippen molar-refractivity contribution in [1.29, 1.82) is 0 Å². The minimum Gasteiger partial charge on any atom is -0.493 e. The molecule has 26 heavy (non-hydrogen) atoms. The first kappa shape index (κ1) is 18.0. The number of para-hydroxylation sites is 1. The third-order valence-electron chi connectivity index (χ3n) is 4.32. The van der Waals surface area contributed by atoms with Crippen molar-refractivity contribution in [2.75, 3.05) is 24.2 Å². The van der Waals surface area contributed by atoms with Crippen molar-refractivity contribution in [3.05, 3.63) is 54.4 Å². The standard InChI is InChI=1S/C21H26N4O/c1-2-3-6-13-26-20-8-5-4-7-16(20)11-12-23-21-18-14-17(22)9-10-19(18)24-15-25-21/h4-5,7-10,14-15H,2-3,6,11-13,22H2,1H3,(H,23,24,25). The highest BCUT2D eigenvalue weighted by Gasteiger charge is 2.06. The molecule has 136 valence electrons. The van der Waals surface area contributed by atoms with Crippen LogP contribution in [0.2, 0.25) is 0 Å². The van der Waals surface area contributed by atoms with Gasteiger partial charge in [-0.05, 0) is 42.7 Å². The molecule has 0 saturated carbocycles. The lowest BCUT2D eigenvalue weighted by Crippen LogP contribution is -2.09. The highest BCUT2D eigenvalue weighted by molar-refractivity contribution is 5.91. The SMILES string of the molecule is CCCCCOc1ccccc1CCNc1ncnc2ccc(N)cc12. The number of hydrogen-bond acceptors (Lipinski definition) is 5. The van der Waals surface area contributed by atoms with Gasteiger partial charge in [0.1, 0.15) is 17.9 Å². The zero-order valence-corrected chi connectivity index (χ0v) is 15.2. The van der Waals surface area contributed by atoms with Gasteiger partial charge in [-0.3, -0.25) is 0 Å². The first-order valence-electron chi connectivity index (χ1n) is 9.22. The van der Waals surface area contributed by atoms with Crippen LogP contribution in [0.1, 0.15) is 31.7 Å². The molecule has 0 fully saturated rings. The summed E-state index contributed by atoms with van der Waals surface area (Å²) in [5, 5.41) is 4.35. The minimum atomic E-state index is 0.709. The molecule has 0 radical (unpaired) electrons. The van der Waals surface area contributed by atoms with Crippen LogP contribution < -0.4 is 15.8 Å². The predicted molar refractivity (Wildman–Crippen MR) is 108 cm³/mol. The van der Waals surface area contributed by atoms with E-state index in [9.17, 15) is 0 Å². The Morgan fingerprint density at radius 3 is 2.85 bits per heavy atom. The molecule has 5 heteroatoms. The zero-order chi connectivity index (χ0) is 18.2. The van der Waals surface area contributed by atoms with E-state index in [1.807, 2.05) is 30.3 Å². The maximum atomic E-state index is 5.96. The molecular formula is C21H26N4O. The summed E-state index contributed by atoms with van der Waals surface area (Å²) in [7, 11) is 0. The maximum Gasteiger partial charge on any atom is 0.137 e. The molecule has 5 nitrogen and oxygen atoms in total. The summed E-state index contributed by atoms with van der Waals surface area (Å²) in [5.74, 6) is 1.78. The van der Waals surface area contributed by atoms with E-state index >= 15 is 0 Å². The number of ether oxygens (including phenoxy) is 1. The van der Waals surface area contributed by atoms with Gasteiger partial charge in [0.25, 0.3) is 0 Å². The fourth-order valence-electron chi connectivity index (χ4n) is 2.92. The molecule has 3 aromatic rings. The normalized spacial score (nSPS) is 10.8. The Labute approximate surface area is 154 Å². The van der Waals surface area contributed by atoms with Gasteiger partial charge in [0.15, 0.2) is 0 Å². The topological polar surface area (TPSA) is 73.1 Å². The summed E-state index contributed by atoms with van der Waals surface area (Å²) in [5.41, 5.74) is 8.70. The van der Waals surface area contributed by atoms with Crippen LogP contribution in [0, 0.1) is 0 Å². The number of rotatable bonds is 9. The van der Waals surface area contributed by atoms with Crippen molar-refractivity contribution >= 4 is 22.4 Å². The van der Waals surface area contributed by atoms with Crippen LogP contribution >= 0.6 is 0 Å². The number of unbranched alkanes of at least 4 members (excludes halogenated alkanes) is 2. The van der Waals surface area contributed by atoms with E-state index in [4.69, 9.17) is 10.5 Å². The molecular weight excluding hydrogens is 324 g/mol. The van der Waals surface area contributed by atoms with Crippen molar-refractivity contribution in [3.63, 3.8) is 0 Å². The van der Waals surface area contributed by atoms with Gasteiger partial charge in [0.05, 0.1) is 12.1 Å². The summed E-state index contributed by atoms with van der Waals surface area (Å²) in [6.45, 7) is 3.73. The van der Waals surface area contributed by atoms with Crippen LogP contribution in [0.3, 0.4) is 0 Å². The van der Waals surface area contributed by atoms with Crippen molar-refractivity contribution in [1.82, 2.24) is 9.97 Å². The van der Waals surface area contributed by atoms with E-state index in [2.05, 4.69) is 34.3 Å². The molecule has 3 N–H and O–H groups in total. The van der Waals surface area contributed by atoms with Crippen molar-refractivity contribution in [2.45, 2.75) is 32.6 Å². The van der Waals surface area contributed by atoms with Crippen LogP contribution in [0.25, 0.3) is 10.9 Å². The Kier molecular flexibility index (Phi) is 6.25. The van der Waals surface area contributed by atoms with Gasteiger partial charge < -0.3 is 15.8 Å². The summed E-state index contributed by atoms with van der Waals surface area (Å²) in [6, 6.07) is 13.9. The van der Waals surface area contributed by atoms with Crippen LogP contribution in [0.15, 0.2) is 48.8 Å². The van der Waals surface area contributed by atoms with E-state index in [-0.39, 0.29) is 0 Å². The number of fused-ring (bicyclic) bond motifs is 1. The van der Waals surface area contributed by atoms with Crippen molar-refractivity contribution < 1.29 is 4.74 Å². The average molecular weight is 350 g/mol. The Morgan fingerprint density at radius 1 is 1.08 bits per heavy atom. The van der Waals surface area contributed by atoms with Crippen molar-refractivity contribution in [3.8, 4) is 5.75 Å². The van der Waals surface area contributed by atoms with Gasteiger partial charge in [0, 0.05) is 17.6 Å². The van der Waals surface area contributed by atoms with Crippen LogP contribution in [0.4, 0.5) is 11.5 Å². The van der Waals surface area contributed by atoms with E-state index in [1.54, 1.807) is 6.33 Å². The van der Waals surface area contributed by atoms with E-state index in [1.165, 1.54) is 18.4 Å². The number of benzene rings is 2. The highest BCUT2D eigenvalue weighted by Crippen LogP contribution is 2.23. The lowest BCUT2D eigenvalue weighted by molar-refractivity contribution is 0.303. The Bertz CT molecular complexity index is 850. The fraction of sp³-hybridized carbons (Fsp3) is 0.333. The zero-order valence-electron chi connectivity index (χ0n) is 15.2. The molecule has 0 atom stereocenters. The molecule has 2 aromatic carbocycles. The largest absolute Gasteiger partial charge is 0.493 e. The summed E-state index contributed by atoms with van der Waals surface area (Å²) >= 11 is 0. The number of hydrogen-bond donors (Lipinski definition) is 2. The molecule has 0 unspecified atom stereocenters. The van der Waals surface area contributed by atoms with Crippen LogP contribution in [-0.4, -0.2) is 23.1 Å². The predicted octanol–water partition coefficient (Wildman–Crippen LogP) is 4.44. The summed E-state index contributed by atoms with van der Waals surface area (Å²) in [6.07, 6.45) is 5.93. The maximum absolute atomic E-state index is 5.96.